The molecule has 0 saturated heterocycles. The lowest BCUT2D eigenvalue weighted by Gasteiger charge is -2.14. The van der Waals surface area contributed by atoms with Gasteiger partial charge in [-0.3, -0.25) is 0 Å². The maximum absolute atomic E-state index is 8.45. The molecule has 0 aliphatic heterocycles. The highest BCUT2D eigenvalue weighted by Gasteiger charge is 2.06. The number of aryl methyl sites for hydroxylation is 2. The zero-order valence-electron chi connectivity index (χ0n) is 10.1. The van der Waals surface area contributed by atoms with Gasteiger partial charge in [0.05, 0.1) is 18.9 Å². The number of rotatable bonds is 5. The van der Waals surface area contributed by atoms with Crippen molar-refractivity contribution in [2.75, 3.05) is 19.0 Å². The number of hydrogen-bond acceptors (Lipinski definition) is 3. The van der Waals surface area contributed by atoms with E-state index >= 15 is 0 Å². The summed E-state index contributed by atoms with van der Waals surface area (Å²) in [6, 6.07) is 6.30. The second-order valence-electron chi connectivity index (χ2n) is 3.85. The summed E-state index contributed by atoms with van der Waals surface area (Å²) >= 11 is 0. The van der Waals surface area contributed by atoms with Gasteiger partial charge in [-0.2, -0.15) is 5.26 Å². The summed E-state index contributed by atoms with van der Waals surface area (Å²) < 4.78 is 5.36. The maximum Gasteiger partial charge on any atom is 0.144 e. The van der Waals surface area contributed by atoms with E-state index in [0.29, 0.717) is 6.42 Å². The predicted molar refractivity (Wildman–Crippen MR) is 65.8 cm³/mol. The van der Waals surface area contributed by atoms with E-state index in [1.807, 2.05) is 6.92 Å². The Morgan fingerprint density at radius 1 is 1.38 bits per heavy atom. The van der Waals surface area contributed by atoms with E-state index in [1.54, 1.807) is 7.11 Å². The molecular formula is C13H18N2O. The minimum Gasteiger partial charge on any atom is -0.494 e. The highest BCUT2D eigenvalue weighted by molar-refractivity contribution is 5.61. The number of ether oxygens (including phenoxy) is 1. The van der Waals surface area contributed by atoms with Crippen LogP contribution in [0.25, 0.3) is 0 Å². The van der Waals surface area contributed by atoms with Gasteiger partial charge in [0.15, 0.2) is 0 Å². The Hall–Kier alpha value is -1.69. The van der Waals surface area contributed by atoms with Crippen molar-refractivity contribution in [3.05, 3.63) is 23.3 Å². The van der Waals surface area contributed by atoms with E-state index in [0.717, 1.165) is 30.0 Å². The summed E-state index contributed by atoms with van der Waals surface area (Å²) in [4.78, 5) is 0. The molecule has 16 heavy (non-hydrogen) atoms. The highest BCUT2D eigenvalue weighted by atomic mass is 16.5. The topological polar surface area (TPSA) is 45.0 Å². The molecule has 1 N–H and O–H groups in total. The minimum atomic E-state index is 0.583. The van der Waals surface area contributed by atoms with Gasteiger partial charge in [-0.15, -0.1) is 0 Å². The van der Waals surface area contributed by atoms with Gasteiger partial charge in [-0.1, -0.05) is 6.07 Å². The molecule has 0 aliphatic carbocycles. The molecule has 0 atom stereocenters. The third-order valence-corrected chi connectivity index (χ3v) is 2.40. The Morgan fingerprint density at radius 2 is 2.12 bits per heavy atom. The Labute approximate surface area is 97.0 Å². The maximum atomic E-state index is 8.45. The quantitative estimate of drug-likeness (QED) is 0.773. The number of unbranched alkanes of at least 4 members (excludes halogenated alkanes) is 1. The molecule has 0 aliphatic rings. The summed E-state index contributed by atoms with van der Waals surface area (Å²) in [7, 11) is 1.68. The van der Waals surface area contributed by atoms with E-state index in [9.17, 15) is 0 Å². The second kappa shape index (κ2) is 6.02. The van der Waals surface area contributed by atoms with Gasteiger partial charge in [0.25, 0.3) is 0 Å². The first-order valence-electron chi connectivity index (χ1n) is 5.45. The van der Waals surface area contributed by atoms with E-state index in [-0.39, 0.29) is 0 Å². The van der Waals surface area contributed by atoms with Crippen molar-refractivity contribution in [2.45, 2.75) is 26.7 Å². The molecule has 0 fully saturated rings. The molecule has 0 amide bonds. The van der Waals surface area contributed by atoms with E-state index in [4.69, 9.17) is 10.00 Å². The number of anilines is 1. The molecule has 0 spiro atoms. The number of methoxy groups -OCH3 is 1. The van der Waals surface area contributed by atoms with Gasteiger partial charge >= 0.3 is 0 Å². The van der Waals surface area contributed by atoms with Crippen LogP contribution in [0, 0.1) is 25.2 Å². The third-order valence-electron chi connectivity index (χ3n) is 2.40. The first-order chi connectivity index (χ1) is 7.69. The molecule has 3 nitrogen and oxygen atoms in total. The molecule has 0 unspecified atom stereocenters. The van der Waals surface area contributed by atoms with Crippen LogP contribution in [0.4, 0.5) is 5.69 Å². The predicted octanol–water partition coefficient (Wildman–Crippen LogP) is 3.03. The lowest BCUT2D eigenvalue weighted by atomic mass is 10.1. The summed E-state index contributed by atoms with van der Waals surface area (Å²) in [5.41, 5.74) is 3.35. The molecular weight excluding hydrogens is 200 g/mol. The van der Waals surface area contributed by atoms with Gasteiger partial charge in [0.1, 0.15) is 5.75 Å². The SMILES string of the molecule is COc1c(C)cc(C)cc1NCCCC#N. The molecule has 86 valence electrons. The summed E-state index contributed by atoms with van der Waals surface area (Å²) in [6.45, 7) is 4.89. The fourth-order valence-corrected chi connectivity index (χ4v) is 1.75. The van der Waals surface area contributed by atoms with Crippen LogP contribution in [0.1, 0.15) is 24.0 Å². The molecule has 3 heteroatoms. The standard InChI is InChI=1S/C13H18N2O/c1-10-8-11(2)13(16-3)12(9-10)15-7-5-4-6-14/h8-9,15H,4-5,7H2,1-3H3. The van der Waals surface area contributed by atoms with Crippen molar-refractivity contribution >= 4 is 5.69 Å². The first kappa shape index (κ1) is 12.4. The van der Waals surface area contributed by atoms with Crippen LogP contribution in [0.5, 0.6) is 5.75 Å². The average Bonchev–Trinajstić information content (AvgIpc) is 2.24. The average molecular weight is 218 g/mol. The second-order valence-corrected chi connectivity index (χ2v) is 3.85. The fraction of sp³-hybridized carbons (Fsp3) is 0.462. The van der Waals surface area contributed by atoms with E-state index < -0.39 is 0 Å². The molecule has 1 rings (SSSR count). The van der Waals surface area contributed by atoms with Crippen molar-refractivity contribution in [2.24, 2.45) is 0 Å². The molecule has 1 aromatic rings. The highest BCUT2D eigenvalue weighted by Crippen LogP contribution is 2.29. The zero-order chi connectivity index (χ0) is 12.0. The Kier molecular flexibility index (Phi) is 4.65. The number of nitriles is 1. The Bertz CT molecular complexity index is 394. The van der Waals surface area contributed by atoms with Gasteiger partial charge in [0, 0.05) is 13.0 Å². The van der Waals surface area contributed by atoms with Crippen LogP contribution in [-0.4, -0.2) is 13.7 Å². The minimum absolute atomic E-state index is 0.583. The van der Waals surface area contributed by atoms with E-state index in [2.05, 4.69) is 30.4 Å². The van der Waals surface area contributed by atoms with Crippen LogP contribution >= 0.6 is 0 Å². The summed E-state index contributed by atoms with van der Waals surface area (Å²) in [5, 5.41) is 11.8. The fourth-order valence-electron chi connectivity index (χ4n) is 1.75. The Morgan fingerprint density at radius 3 is 2.75 bits per heavy atom. The molecule has 0 radical (unpaired) electrons. The number of nitrogens with one attached hydrogen (secondary N) is 1. The number of nitrogens with zero attached hydrogens (tertiary/aromatic N) is 1. The molecule has 0 heterocycles. The largest absolute Gasteiger partial charge is 0.494 e. The van der Waals surface area contributed by atoms with Gasteiger partial charge in [-0.05, 0) is 37.5 Å². The van der Waals surface area contributed by atoms with Crippen LogP contribution in [-0.2, 0) is 0 Å². The van der Waals surface area contributed by atoms with Crippen molar-refractivity contribution in [3.8, 4) is 11.8 Å². The van der Waals surface area contributed by atoms with Crippen molar-refractivity contribution < 1.29 is 4.74 Å². The summed E-state index contributed by atoms with van der Waals surface area (Å²) in [5.74, 6) is 0.891. The normalized spacial score (nSPS) is 9.62. The zero-order valence-corrected chi connectivity index (χ0v) is 10.1. The van der Waals surface area contributed by atoms with Gasteiger partial charge in [0.2, 0.25) is 0 Å². The van der Waals surface area contributed by atoms with Crippen molar-refractivity contribution in [1.82, 2.24) is 0 Å². The van der Waals surface area contributed by atoms with Crippen molar-refractivity contribution in [3.63, 3.8) is 0 Å². The Balaban J connectivity index is 2.74. The van der Waals surface area contributed by atoms with Crippen LogP contribution < -0.4 is 10.1 Å². The lowest BCUT2D eigenvalue weighted by molar-refractivity contribution is 0.413. The van der Waals surface area contributed by atoms with Crippen LogP contribution in [0.2, 0.25) is 0 Å². The monoisotopic (exact) mass is 218 g/mol. The van der Waals surface area contributed by atoms with Gasteiger partial charge in [-0.25, -0.2) is 0 Å². The summed E-state index contributed by atoms with van der Waals surface area (Å²) in [6.07, 6.45) is 1.44. The van der Waals surface area contributed by atoms with Gasteiger partial charge < -0.3 is 10.1 Å². The van der Waals surface area contributed by atoms with E-state index in [1.165, 1.54) is 5.56 Å². The molecule has 0 aromatic heterocycles. The number of benzene rings is 1. The molecule has 0 bridgehead atoms. The smallest absolute Gasteiger partial charge is 0.144 e. The first-order valence-corrected chi connectivity index (χ1v) is 5.45. The van der Waals surface area contributed by atoms with Crippen LogP contribution in [0.15, 0.2) is 12.1 Å². The number of hydrogen-bond donors (Lipinski definition) is 1. The lowest BCUT2D eigenvalue weighted by Crippen LogP contribution is -2.04. The molecule has 1 aromatic carbocycles. The molecule has 0 saturated carbocycles. The van der Waals surface area contributed by atoms with Crippen molar-refractivity contribution in [1.29, 1.82) is 5.26 Å². The van der Waals surface area contributed by atoms with Crippen LogP contribution in [0.3, 0.4) is 0 Å². The third kappa shape index (κ3) is 3.16.